The number of carbonyl (C=O) groups excluding carboxylic acids is 1. The van der Waals surface area contributed by atoms with Crippen molar-refractivity contribution in [3.63, 3.8) is 0 Å². The molecule has 4 aliphatic rings. The topological polar surface area (TPSA) is 275 Å². The summed E-state index contributed by atoms with van der Waals surface area (Å²) in [6.45, 7) is 8.12. The van der Waals surface area contributed by atoms with Crippen LogP contribution in [0.25, 0.3) is 0 Å². The molecule has 1 amide bonds. The number of rotatable bonds is 13. The minimum atomic E-state index is -1.18. The Morgan fingerprint density at radius 2 is 1.86 bits per heavy atom. The van der Waals surface area contributed by atoms with Crippen molar-refractivity contribution < 1.29 is 39.5 Å². The number of carboxylic acid groups (broad SMARTS) is 2. The van der Waals surface area contributed by atoms with Gasteiger partial charge >= 0.3 is 11.9 Å². The van der Waals surface area contributed by atoms with E-state index >= 15 is 0 Å². The average Bonchev–Trinajstić information content (AvgIpc) is 3.76. The Kier molecular flexibility index (Phi) is 13.5. The van der Waals surface area contributed by atoms with Crippen LogP contribution in [0.4, 0.5) is 0 Å². The zero-order valence-electron chi connectivity index (χ0n) is 32.9. The summed E-state index contributed by atoms with van der Waals surface area (Å²) in [5.74, 6) is -0.755. The number of aliphatic imine (C=N–C) groups is 1. The third kappa shape index (κ3) is 8.87. The fraction of sp³-hybridized carbons (Fsp3) is 0.650. The number of aromatic nitrogens is 3. The van der Waals surface area contributed by atoms with Crippen molar-refractivity contribution in [2.45, 2.75) is 140 Å². The van der Waals surface area contributed by atoms with E-state index in [1.165, 1.54) is 18.1 Å². The summed E-state index contributed by atoms with van der Waals surface area (Å²) in [7, 11) is 0. The van der Waals surface area contributed by atoms with Crippen LogP contribution in [-0.4, -0.2) is 90.1 Å². The number of hydrogen-bond acceptors (Lipinski definition) is 10. The quantitative estimate of drug-likeness (QED) is 0.0825. The van der Waals surface area contributed by atoms with E-state index in [1.54, 1.807) is 23.0 Å². The lowest BCUT2D eigenvalue weighted by molar-refractivity contribution is -0.138. The van der Waals surface area contributed by atoms with Crippen molar-refractivity contribution in [3.05, 3.63) is 52.9 Å². The summed E-state index contributed by atoms with van der Waals surface area (Å²) in [6.07, 6.45) is 10.7. The van der Waals surface area contributed by atoms with Crippen LogP contribution >= 0.6 is 0 Å². The first-order valence-corrected chi connectivity index (χ1v) is 19.9. The number of phenols is 1. The predicted octanol–water partition coefficient (Wildman–Crippen LogP) is 3.21. The van der Waals surface area contributed by atoms with Crippen molar-refractivity contribution in [1.29, 1.82) is 0 Å². The number of guanidine groups is 1. The van der Waals surface area contributed by atoms with Crippen LogP contribution in [-0.2, 0) is 31.1 Å². The van der Waals surface area contributed by atoms with Gasteiger partial charge in [-0.05, 0) is 111 Å². The number of carbonyl (C=O) groups is 3. The molecule has 0 aliphatic heterocycles. The first-order chi connectivity index (χ1) is 26.5. The number of amides is 1. The zero-order valence-corrected chi connectivity index (χ0v) is 32.9. The lowest BCUT2D eigenvalue weighted by Gasteiger charge is -2.52. The van der Waals surface area contributed by atoms with E-state index in [-0.39, 0.29) is 30.0 Å². The first kappa shape index (κ1) is 42.6. The molecule has 0 bridgehead atoms. The van der Waals surface area contributed by atoms with E-state index in [1.807, 2.05) is 19.9 Å². The second kappa shape index (κ2) is 17.7. The van der Waals surface area contributed by atoms with Crippen molar-refractivity contribution in [2.24, 2.45) is 39.4 Å². The second-order valence-corrected chi connectivity index (χ2v) is 16.2. The number of hydrogen-bond donors (Lipinski definition) is 8. The number of nitrogens with zero attached hydrogens (tertiary/aromatic N) is 4. The maximum atomic E-state index is 12.5. The van der Waals surface area contributed by atoms with E-state index in [0.29, 0.717) is 55.0 Å². The predicted molar refractivity (Wildman–Crippen MR) is 208 cm³/mol. The minimum Gasteiger partial charge on any atom is -0.508 e. The van der Waals surface area contributed by atoms with Gasteiger partial charge in [-0.15, -0.1) is 5.10 Å². The minimum absolute atomic E-state index is 0.0129. The van der Waals surface area contributed by atoms with Gasteiger partial charge in [0.1, 0.15) is 23.1 Å². The molecule has 11 N–H and O–H groups in total. The number of ether oxygens (including phenoxy) is 1. The molecular formula is C40H60N8O8. The fourth-order valence-electron chi connectivity index (χ4n) is 9.88. The number of aromatic hydroxyl groups is 1. The van der Waals surface area contributed by atoms with Crippen molar-refractivity contribution in [3.8, 4) is 5.75 Å². The van der Waals surface area contributed by atoms with Gasteiger partial charge in [0.2, 0.25) is 5.91 Å². The molecule has 16 heteroatoms. The van der Waals surface area contributed by atoms with Gasteiger partial charge in [0.15, 0.2) is 5.96 Å². The fourth-order valence-corrected chi connectivity index (χ4v) is 9.88. The van der Waals surface area contributed by atoms with E-state index in [4.69, 9.17) is 27.0 Å². The van der Waals surface area contributed by atoms with Crippen LogP contribution in [0.2, 0.25) is 0 Å². The number of fused-ring (bicyclic) bond motifs is 5. The third-order valence-corrected chi connectivity index (χ3v) is 12.9. The Balaban J connectivity index is 0.000000433. The molecule has 0 saturated heterocycles. The molecule has 1 aromatic carbocycles. The largest absolute Gasteiger partial charge is 0.508 e. The summed E-state index contributed by atoms with van der Waals surface area (Å²) in [5, 5.41) is 52.9. The summed E-state index contributed by atoms with van der Waals surface area (Å²) < 4.78 is 7.99. The molecule has 308 valence electrons. The smallest absolute Gasteiger partial charge is 0.331 e. The molecule has 2 saturated carbocycles. The van der Waals surface area contributed by atoms with E-state index < -0.39 is 47.2 Å². The van der Waals surface area contributed by atoms with Crippen molar-refractivity contribution in [2.75, 3.05) is 6.54 Å². The maximum absolute atomic E-state index is 12.5. The van der Waals surface area contributed by atoms with Gasteiger partial charge < -0.3 is 47.7 Å². The van der Waals surface area contributed by atoms with Crippen LogP contribution < -0.4 is 22.5 Å². The molecule has 16 nitrogen and oxygen atoms in total. The number of benzene rings is 1. The molecule has 2 fully saturated rings. The monoisotopic (exact) mass is 780 g/mol. The Hall–Kier alpha value is -4.54. The van der Waals surface area contributed by atoms with Crippen LogP contribution in [0.5, 0.6) is 5.75 Å². The Morgan fingerprint density at radius 1 is 1.12 bits per heavy atom. The SMILES string of the molecule is CCC(CC)O[C@@H]1CC(C(=O)O)=C[C@H](n2cc([C@]3(O)CCC4C5CCc6cc(O)ccc6C5CC[C@@]43C)nn2)[C@H]1NC(C)=O.NC(N)=NCCCC(N)C(=O)O. The first-order valence-electron chi connectivity index (χ1n) is 19.9. The number of carboxylic acids is 2. The standard InChI is InChI=1S/C34H46N4O6.C6H14N4O2/c1-5-23(6-2)44-29-17-21(32(41)42)16-28(31(29)35-19(3)39)38-18-30(36-37-38)34(43)14-12-27-26-9-7-20-15-22(40)8-10-24(20)25(26)11-13-33(27,34)4;7-4(5(11)12)2-1-3-10-6(8)9/h8,10,15-16,18,23,25-29,31,40,43H,5-7,9,11-14,17H2,1-4H3,(H,35,39)(H,41,42);4H,1-3,7H2,(H,11,12)(H4,8,9,10)/t25?,26?,27?,28-,29+,31+,33-,34+;/m0./s1. The lowest BCUT2D eigenvalue weighted by atomic mass is 9.53. The molecule has 9 atom stereocenters. The van der Waals surface area contributed by atoms with Crippen LogP contribution in [0.3, 0.4) is 0 Å². The Bertz CT molecular complexity index is 1790. The van der Waals surface area contributed by atoms with Gasteiger partial charge in [-0.2, -0.15) is 0 Å². The zero-order chi connectivity index (χ0) is 40.9. The Labute approximate surface area is 327 Å². The Morgan fingerprint density at radius 3 is 2.50 bits per heavy atom. The number of aryl methyl sites for hydroxylation is 1. The number of nitrogens with two attached hydrogens (primary N) is 3. The number of aliphatic hydroxyl groups is 1. The maximum Gasteiger partial charge on any atom is 0.331 e. The third-order valence-electron chi connectivity index (χ3n) is 12.9. The highest BCUT2D eigenvalue weighted by Crippen LogP contribution is 2.66. The summed E-state index contributed by atoms with van der Waals surface area (Å²) >= 11 is 0. The summed E-state index contributed by atoms with van der Waals surface area (Å²) in [4.78, 5) is 38.4. The lowest BCUT2D eigenvalue weighted by Crippen LogP contribution is -2.52. The van der Waals surface area contributed by atoms with Gasteiger partial charge in [-0.25, -0.2) is 9.48 Å². The van der Waals surface area contributed by atoms with Gasteiger partial charge in [0.05, 0.1) is 30.5 Å². The highest BCUT2D eigenvalue weighted by atomic mass is 16.5. The van der Waals surface area contributed by atoms with Crippen LogP contribution in [0.15, 0.2) is 41.0 Å². The second-order valence-electron chi connectivity index (χ2n) is 16.2. The number of nitrogens with one attached hydrogen (secondary N) is 1. The van der Waals surface area contributed by atoms with Gasteiger partial charge in [0, 0.05) is 30.9 Å². The highest BCUT2D eigenvalue weighted by Gasteiger charge is 2.63. The van der Waals surface area contributed by atoms with Crippen molar-refractivity contribution >= 4 is 23.8 Å². The molecule has 2 aromatic rings. The van der Waals surface area contributed by atoms with Gasteiger partial charge in [-0.1, -0.05) is 32.1 Å². The normalized spacial score (nSPS) is 29.7. The molecule has 0 radical (unpaired) electrons. The average molecular weight is 781 g/mol. The summed E-state index contributed by atoms with van der Waals surface area (Å²) in [5.41, 5.74) is 17.0. The van der Waals surface area contributed by atoms with Gasteiger partial charge in [-0.3, -0.25) is 14.6 Å². The molecule has 0 spiro atoms. The molecule has 4 unspecified atom stereocenters. The molecular weight excluding hydrogens is 720 g/mol. The molecule has 1 aromatic heterocycles. The molecule has 4 aliphatic carbocycles. The molecule has 1 heterocycles. The summed E-state index contributed by atoms with van der Waals surface area (Å²) in [6, 6.07) is 3.78. The molecule has 6 rings (SSSR count). The van der Waals surface area contributed by atoms with Crippen molar-refractivity contribution in [1.82, 2.24) is 20.3 Å². The molecule has 56 heavy (non-hydrogen) atoms. The van der Waals surface area contributed by atoms with Crippen LogP contribution in [0.1, 0.15) is 121 Å². The van der Waals surface area contributed by atoms with E-state index in [2.05, 4.69) is 33.6 Å². The van der Waals surface area contributed by atoms with E-state index in [9.17, 15) is 29.7 Å². The number of phenolic OH excluding ortho intramolecular Hbond substituents is 1. The number of aliphatic carboxylic acids is 2. The van der Waals surface area contributed by atoms with Gasteiger partial charge in [0.25, 0.3) is 0 Å². The van der Waals surface area contributed by atoms with Crippen LogP contribution in [0, 0.1) is 17.3 Å². The highest BCUT2D eigenvalue weighted by molar-refractivity contribution is 5.87. The van der Waals surface area contributed by atoms with E-state index in [0.717, 1.165) is 44.9 Å².